The largest absolute Gasteiger partial charge is 0.490 e. The van der Waals surface area contributed by atoms with Crippen molar-refractivity contribution in [3.63, 3.8) is 0 Å². The van der Waals surface area contributed by atoms with Crippen LogP contribution in [0.4, 0.5) is 5.69 Å². The first-order valence-electron chi connectivity index (χ1n) is 7.36. The maximum Gasteiger partial charge on any atom is 0.338 e. The van der Waals surface area contributed by atoms with E-state index in [1.54, 1.807) is 20.8 Å². The summed E-state index contributed by atoms with van der Waals surface area (Å²) in [6.07, 6.45) is 0. The van der Waals surface area contributed by atoms with Crippen LogP contribution >= 0.6 is 0 Å². The van der Waals surface area contributed by atoms with Gasteiger partial charge in [-0.15, -0.1) is 0 Å². The van der Waals surface area contributed by atoms with E-state index in [1.165, 1.54) is 19.2 Å². The Morgan fingerprint density at radius 3 is 2.56 bits per heavy atom. The van der Waals surface area contributed by atoms with Crippen LogP contribution in [0.3, 0.4) is 0 Å². The summed E-state index contributed by atoms with van der Waals surface area (Å²) in [5.41, 5.74) is -1.58. The van der Waals surface area contributed by atoms with Gasteiger partial charge >= 0.3 is 11.7 Å². The van der Waals surface area contributed by atoms with E-state index < -0.39 is 34.6 Å². The molecule has 0 radical (unpaired) electrons. The number of nitrogens with zero attached hydrogens (tertiary/aromatic N) is 2. The van der Waals surface area contributed by atoms with E-state index in [0.29, 0.717) is 0 Å². The molecule has 1 amide bonds. The minimum absolute atomic E-state index is 0.000938. The number of rotatable bonds is 7. The normalized spacial score (nSPS) is 12.6. The Morgan fingerprint density at radius 2 is 2.08 bits per heavy atom. The van der Waals surface area contributed by atoms with Crippen LogP contribution in [0.15, 0.2) is 18.2 Å². The summed E-state index contributed by atoms with van der Waals surface area (Å²) in [6, 6.07) is 5.56. The van der Waals surface area contributed by atoms with Crippen molar-refractivity contribution in [1.29, 1.82) is 5.26 Å². The Balaban J connectivity index is 2.78. The topological polar surface area (TPSA) is 132 Å². The molecule has 1 atom stereocenters. The van der Waals surface area contributed by atoms with E-state index in [-0.39, 0.29) is 17.2 Å². The van der Waals surface area contributed by atoms with Crippen LogP contribution in [-0.4, -0.2) is 36.1 Å². The maximum atomic E-state index is 12.0. The fourth-order valence-electron chi connectivity index (χ4n) is 1.80. The lowest BCUT2D eigenvalue weighted by atomic mass is 9.90. The molecule has 25 heavy (non-hydrogen) atoms. The summed E-state index contributed by atoms with van der Waals surface area (Å²) >= 11 is 0. The Hall–Kier alpha value is -3.15. The molecule has 0 saturated heterocycles. The molecule has 1 rings (SSSR count). The molecule has 0 unspecified atom stereocenters. The van der Waals surface area contributed by atoms with Gasteiger partial charge in [0.1, 0.15) is 5.54 Å². The van der Waals surface area contributed by atoms with Crippen LogP contribution in [0.1, 0.15) is 31.1 Å². The molecule has 9 heteroatoms. The Labute approximate surface area is 144 Å². The lowest BCUT2D eigenvalue weighted by molar-refractivity contribution is -0.385. The van der Waals surface area contributed by atoms with Crippen molar-refractivity contribution in [3.05, 3.63) is 33.9 Å². The fourth-order valence-corrected chi connectivity index (χ4v) is 1.80. The van der Waals surface area contributed by atoms with Crippen LogP contribution in [0.2, 0.25) is 0 Å². The van der Waals surface area contributed by atoms with Gasteiger partial charge in [0.05, 0.1) is 23.7 Å². The predicted molar refractivity (Wildman–Crippen MR) is 86.9 cm³/mol. The summed E-state index contributed by atoms with van der Waals surface area (Å²) in [5.74, 6) is -1.69. The third kappa shape index (κ3) is 4.91. The third-order valence-corrected chi connectivity index (χ3v) is 3.73. The number of carbonyl (C=O) groups excluding carboxylic acids is 2. The Bertz CT molecular complexity index is 725. The predicted octanol–water partition coefficient (Wildman–Crippen LogP) is 1.81. The molecule has 0 bridgehead atoms. The number of esters is 1. The second-order valence-electron chi connectivity index (χ2n) is 5.74. The van der Waals surface area contributed by atoms with E-state index in [4.69, 9.17) is 14.7 Å². The SMILES string of the molecule is COc1ccc(C(=O)OCC(=O)N[C@](C)(C#N)C(C)C)cc1[N+](=O)[O-]. The molecule has 0 fully saturated rings. The summed E-state index contributed by atoms with van der Waals surface area (Å²) in [4.78, 5) is 34.1. The van der Waals surface area contributed by atoms with Crippen molar-refractivity contribution in [2.45, 2.75) is 26.3 Å². The van der Waals surface area contributed by atoms with Gasteiger partial charge < -0.3 is 14.8 Å². The molecule has 9 nitrogen and oxygen atoms in total. The molecule has 1 N–H and O–H groups in total. The quantitative estimate of drug-likeness (QED) is 0.451. The molecule has 1 aromatic carbocycles. The number of nitriles is 1. The lowest BCUT2D eigenvalue weighted by Gasteiger charge is -2.27. The number of ether oxygens (including phenoxy) is 2. The average Bonchev–Trinajstić information content (AvgIpc) is 2.58. The standard InChI is InChI=1S/C16H19N3O6/c1-10(2)16(3,9-17)18-14(20)8-25-15(21)11-5-6-13(24-4)12(7-11)19(22)23/h5-7,10H,8H2,1-4H3,(H,18,20)/t16-/m1/s1. The molecule has 0 spiro atoms. The molecule has 0 heterocycles. The third-order valence-electron chi connectivity index (χ3n) is 3.73. The molecule has 0 aliphatic heterocycles. The van der Waals surface area contributed by atoms with Gasteiger partial charge in [-0.2, -0.15) is 5.26 Å². The van der Waals surface area contributed by atoms with Crippen LogP contribution < -0.4 is 10.1 Å². The van der Waals surface area contributed by atoms with E-state index >= 15 is 0 Å². The maximum absolute atomic E-state index is 12.0. The molecule has 134 valence electrons. The highest BCUT2D eigenvalue weighted by Gasteiger charge is 2.30. The zero-order valence-electron chi connectivity index (χ0n) is 14.4. The first-order chi connectivity index (χ1) is 11.6. The van der Waals surface area contributed by atoms with Crippen molar-refractivity contribution >= 4 is 17.6 Å². The second kappa shape index (κ2) is 8.10. The average molecular weight is 349 g/mol. The van der Waals surface area contributed by atoms with Gasteiger partial charge in [-0.25, -0.2) is 4.79 Å². The van der Waals surface area contributed by atoms with Crippen molar-refractivity contribution < 1.29 is 24.0 Å². The van der Waals surface area contributed by atoms with E-state index in [0.717, 1.165) is 6.07 Å². The number of nitro benzene ring substituents is 1. The zero-order chi connectivity index (χ0) is 19.2. The smallest absolute Gasteiger partial charge is 0.338 e. The number of carbonyl (C=O) groups is 2. The number of hydrogen-bond acceptors (Lipinski definition) is 7. The monoisotopic (exact) mass is 349 g/mol. The first-order valence-corrected chi connectivity index (χ1v) is 7.36. The van der Waals surface area contributed by atoms with Crippen LogP contribution in [0.5, 0.6) is 5.75 Å². The van der Waals surface area contributed by atoms with Gasteiger partial charge in [0.25, 0.3) is 5.91 Å². The number of nitro groups is 1. The van der Waals surface area contributed by atoms with Gasteiger partial charge in [-0.1, -0.05) is 13.8 Å². The molecular weight excluding hydrogens is 330 g/mol. The van der Waals surface area contributed by atoms with E-state index in [9.17, 15) is 19.7 Å². The summed E-state index contributed by atoms with van der Waals surface area (Å²) in [5, 5.41) is 22.6. The van der Waals surface area contributed by atoms with Gasteiger partial charge in [0.15, 0.2) is 12.4 Å². The second-order valence-corrected chi connectivity index (χ2v) is 5.74. The number of amides is 1. The Morgan fingerprint density at radius 1 is 1.44 bits per heavy atom. The molecule has 0 aliphatic carbocycles. The lowest BCUT2D eigenvalue weighted by Crippen LogP contribution is -2.50. The molecule has 0 saturated carbocycles. The van der Waals surface area contributed by atoms with Gasteiger partial charge in [-0.05, 0) is 25.0 Å². The first kappa shape index (κ1) is 19.9. The van der Waals surface area contributed by atoms with Crippen LogP contribution in [-0.2, 0) is 9.53 Å². The van der Waals surface area contributed by atoms with Crippen molar-refractivity contribution in [3.8, 4) is 11.8 Å². The summed E-state index contributed by atoms with van der Waals surface area (Å²) in [6.45, 7) is 4.49. The highest BCUT2D eigenvalue weighted by molar-refractivity contribution is 5.92. The summed E-state index contributed by atoms with van der Waals surface area (Å²) in [7, 11) is 1.27. The highest BCUT2D eigenvalue weighted by atomic mass is 16.6. The van der Waals surface area contributed by atoms with Crippen LogP contribution in [0, 0.1) is 27.4 Å². The number of hydrogen-bond donors (Lipinski definition) is 1. The van der Waals surface area contributed by atoms with Crippen molar-refractivity contribution in [2.24, 2.45) is 5.92 Å². The zero-order valence-corrected chi connectivity index (χ0v) is 14.4. The minimum Gasteiger partial charge on any atom is -0.490 e. The molecular formula is C16H19N3O6. The minimum atomic E-state index is -1.09. The van der Waals surface area contributed by atoms with Gasteiger partial charge in [-0.3, -0.25) is 14.9 Å². The van der Waals surface area contributed by atoms with Crippen LogP contribution in [0.25, 0.3) is 0 Å². The van der Waals surface area contributed by atoms with E-state index in [1.807, 2.05) is 6.07 Å². The fraction of sp³-hybridized carbons (Fsp3) is 0.438. The number of nitrogens with one attached hydrogen (secondary N) is 1. The summed E-state index contributed by atoms with van der Waals surface area (Å²) < 4.78 is 9.69. The number of benzene rings is 1. The number of methoxy groups -OCH3 is 1. The van der Waals surface area contributed by atoms with Gasteiger partial charge in [0, 0.05) is 6.07 Å². The Kier molecular flexibility index (Phi) is 6.45. The molecule has 1 aromatic rings. The molecule has 0 aliphatic rings. The molecule has 0 aromatic heterocycles. The highest BCUT2D eigenvalue weighted by Crippen LogP contribution is 2.27. The van der Waals surface area contributed by atoms with E-state index in [2.05, 4.69) is 5.32 Å². The van der Waals surface area contributed by atoms with Crippen molar-refractivity contribution in [1.82, 2.24) is 5.32 Å². The van der Waals surface area contributed by atoms with Crippen molar-refractivity contribution in [2.75, 3.05) is 13.7 Å². The van der Waals surface area contributed by atoms with Gasteiger partial charge in [0.2, 0.25) is 0 Å².